The SMILES string of the molecule is O=C(c1ccc(S(=O)(=O)N2CCOCC2)cc1)N(c1ccccc1)[C@H]1C=CS(=O)(=O)C1. The molecule has 2 aromatic rings. The van der Waals surface area contributed by atoms with Crippen molar-refractivity contribution < 1.29 is 26.4 Å². The molecule has 2 aliphatic heterocycles. The van der Waals surface area contributed by atoms with Gasteiger partial charge in [0.25, 0.3) is 5.91 Å². The number of ether oxygens (including phenoxy) is 1. The number of benzene rings is 2. The van der Waals surface area contributed by atoms with E-state index in [1.807, 2.05) is 0 Å². The van der Waals surface area contributed by atoms with Gasteiger partial charge in [0.2, 0.25) is 10.0 Å². The van der Waals surface area contributed by atoms with E-state index >= 15 is 0 Å². The molecule has 4 rings (SSSR count). The predicted molar refractivity (Wildman–Crippen MR) is 116 cm³/mol. The van der Waals surface area contributed by atoms with Crippen molar-refractivity contribution in [3.63, 3.8) is 0 Å². The van der Waals surface area contributed by atoms with Gasteiger partial charge in [-0.25, -0.2) is 16.8 Å². The molecule has 0 N–H and O–H groups in total. The Morgan fingerprint density at radius 2 is 1.65 bits per heavy atom. The van der Waals surface area contributed by atoms with Crippen molar-refractivity contribution in [1.29, 1.82) is 0 Å². The highest BCUT2D eigenvalue weighted by atomic mass is 32.2. The van der Waals surface area contributed by atoms with Gasteiger partial charge in [-0.2, -0.15) is 4.31 Å². The van der Waals surface area contributed by atoms with Crippen molar-refractivity contribution in [2.75, 3.05) is 37.0 Å². The summed E-state index contributed by atoms with van der Waals surface area (Å²) < 4.78 is 56.0. The number of sulfone groups is 1. The van der Waals surface area contributed by atoms with E-state index in [-0.39, 0.29) is 29.3 Å². The molecule has 31 heavy (non-hydrogen) atoms. The fourth-order valence-electron chi connectivity index (χ4n) is 3.61. The Balaban J connectivity index is 1.63. The number of morpholine rings is 1. The van der Waals surface area contributed by atoms with Gasteiger partial charge in [0.1, 0.15) is 0 Å². The predicted octanol–water partition coefficient (Wildman–Crippen LogP) is 1.66. The Hall–Kier alpha value is -2.53. The molecule has 0 aromatic heterocycles. The van der Waals surface area contributed by atoms with Crippen LogP contribution in [0.5, 0.6) is 0 Å². The summed E-state index contributed by atoms with van der Waals surface area (Å²) >= 11 is 0. The molecular formula is C21H22N2O6S2. The summed E-state index contributed by atoms with van der Waals surface area (Å²) in [6.45, 7) is 1.26. The Bertz CT molecular complexity index is 1190. The highest BCUT2D eigenvalue weighted by molar-refractivity contribution is 7.94. The van der Waals surface area contributed by atoms with Gasteiger partial charge in [0.05, 0.1) is 29.9 Å². The minimum absolute atomic E-state index is 0.0977. The van der Waals surface area contributed by atoms with E-state index in [1.54, 1.807) is 30.3 Å². The Morgan fingerprint density at radius 3 is 2.23 bits per heavy atom. The van der Waals surface area contributed by atoms with Gasteiger partial charge in [-0.3, -0.25) is 4.79 Å². The first-order valence-corrected chi connectivity index (χ1v) is 12.9. The lowest BCUT2D eigenvalue weighted by Gasteiger charge is -2.28. The largest absolute Gasteiger partial charge is 0.379 e. The first-order chi connectivity index (χ1) is 14.8. The zero-order valence-electron chi connectivity index (χ0n) is 16.6. The van der Waals surface area contributed by atoms with Gasteiger partial charge >= 0.3 is 0 Å². The summed E-state index contributed by atoms with van der Waals surface area (Å²) in [4.78, 5) is 14.8. The summed E-state index contributed by atoms with van der Waals surface area (Å²) in [5.74, 6) is -0.606. The van der Waals surface area contributed by atoms with Gasteiger partial charge in [0, 0.05) is 29.7 Å². The van der Waals surface area contributed by atoms with Gasteiger partial charge in [0.15, 0.2) is 9.84 Å². The molecule has 0 saturated carbocycles. The number of hydrogen-bond acceptors (Lipinski definition) is 6. The van der Waals surface area contributed by atoms with Crippen LogP contribution >= 0.6 is 0 Å². The second-order valence-electron chi connectivity index (χ2n) is 7.28. The zero-order valence-corrected chi connectivity index (χ0v) is 18.3. The van der Waals surface area contributed by atoms with Crippen molar-refractivity contribution in [1.82, 2.24) is 4.31 Å². The molecule has 0 unspecified atom stereocenters. The molecule has 0 spiro atoms. The van der Waals surface area contributed by atoms with Crippen LogP contribution in [0.25, 0.3) is 0 Å². The van der Waals surface area contributed by atoms with E-state index < -0.39 is 31.8 Å². The first kappa shape index (κ1) is 21.7. The van der Waals surface area contributed by atoms with Crippen molar-refractivity contribution in [3.8, 4) is 0 Å². The lowest BCUT2D eigenvalue weighted by Crippen LogP contribution is -2.41. The maximum absolute atomic E-state index is 13.3. The molecule has 0 bridgehead atoms. The third kappa shape index (κ3) is 4.57. The molecule has 164 valence electrons. The molecule has 2 aromatic carbocycles. The monoisotopic (exact) mass is 462 g/mol. The van der Waals surface area contributed by atoms with E-state index in [0.717, 1.165) is 5.41 Å². The van der Waals surface area contributed by atoms with Crippen LogP contribution in [-0.4, -0.2) is 65.1 Å². The first-order valence-electron chi connectivity index (χ1n) is 9.75. The maximum Gasteiger partial charge on any atom is 0.258 e. The Kier molecular flexibility index (Phi) is 5.98. The van der Waals surface area contributed by atoms with E-state index in [1.165, 1.54) is 39.5 Å². The van der Waals surface area contributed by atoms with E-state index in [2.05, 4.69) is 0 Å². The summed E-state index contributed by atoms with van der Waals surface area (Å²) in [7, 11) is -7.04. The Labute approximate surface area is 181 Å². The van der Waals surface area contributed by atoms with Gasteiger partial charge in [-0.1, -0.05) is 18.2 Å². The summed E-state index contributed by atoms with van der Waals surface area (Å²) in [6, 6.07) is 13.9. The van der Waals surface area contributed by atoms with Crippen LogP contribution in [0.3, 0.4) is 0 Å². The number of carbonyl (C=O) groups excluding carboxylic acids is 1. The summed E-state index contributed by atoms with van der Waals surface area (Å²) in [5.41, 5.74) is 0.826. The smallest absolute Gasteiger partial charge is 0.258 e. The van der Waals surface area contributed by atoms with Crippen LogP contribution < -0.4 is 4.90 Å². The number of rotatable bonds is 5. The number of sulfonamides is 1. The second-order valence-corrected chi connectivity index (χ2v) is 11.1. The Morgan fingerprint density at radius 1 is 1.00 bits per heavy atom. The van der Waals surface area contributed by atoms with Crippen LogP contribution in [0.4, 0.5) is 5.69 Å². The van der Waals surface area contributed by atoms with Crippen molar-refractivity contribution in [2.45, 2.75) is 10.9 Å². The topological polar surface area (TPSA) is 101 Å². The average Bonchev–Trinajstić information content (AvgIpc) is 3.14. The zero-order chi connectivity index (χ0) is 22.1. The molecule has 2 heterocycles. The summed E-state index contributed by atoms with van der Waals surface area (Å²) in [6.07, 6.45) is 1.50. The highest BCUT2D eigenvalue weighted by Crippen LogP contribution is 2.26. The molecule has 1 fully saturated rings. The second kappa shape index (κ2) is 8.54. The number of carbonyl (C=O) groups is 1. The van der Waals surface area contributed by atoms with E-state index in [0.29, 0.717) is 18.9 Å². The van der Waals surface area contributed by atoms with Gasteiger partial charge in [-0.05, 0) is 42.5 Å². The molecule has 1 atom stereocenters. The van der Waals surface area contributed by atoms with Crippen molar-refractivity contribution in [3.05, 3.63) is 71.6 Å². The highest BCUT2D eigenvalue weighted by Gasteiger charge is 2.32. The minimum atomic E-state index is -3.67. The van der Waals surface area contributed by atoms with E-state index in [9.17, 15) is 21.6 Å². The number of anilines is 1. The van der Waals surface area contributed by atoms with Crippen molar-refractivity contribution in [2.24, 2.45) is 0 Å². The van der Waals surface area contributed by atoms with Gasteiger partial charge < -0.3 is 9.64 Å². The normalized spacial score (nSPS) is 21.1. The van der Waals surface area contributed by atoms with Crippen LogP contribution in [0, 0.1) is 0 Å². The third-order valence-electron chi connectivity index (χ3n) is 5.21. The fourth-order valence-corrected chi connectivity index (χ4v) is 6.29. The quantitative estimate of drug-likeness (QED) is 0.670. The lowest BCUT2D eigenvalue weighted by molar-refractivity contribution is 0.0730. The number of hydrogen-bond donors (Lipinski definition) is 0. The van der Waals surface area contributed by atoms with Crippen LogP contribution in [0.2, 0.25) is 0 Å². The molecule has 1 amide bonds. The van der Waals surface area contributed by atoms with Crippen molar-refractivity contribution >= 4 is 31.5 Å². The number of para-hydroxylation sites is 1. The molecular weight excluding hydrogens is 440 g/mol. The van der Waals surface area contributed by atoms with Crippen LogP contribution in [-0.2, 0) is 24.6 Å². The standard InChI is InChI=1S/C21H22N2O6S2/c24-21(23(18-4-2-1-3-5-18)19-10-15-30(25,26)16-19)17-6-8-20(9-7-17)31(27,28)22-11-13-29-14-12-22/h1-10,15,19H,11-14,16H2/t19-/m0/s1. The maximum atomic E-state index is 13.3. The minimum Gasteiger partial charge on any atom is -0.379 e. The molecule has 10 heteroatoms. The third-order valence-corrected chi connectivity index (χ3v) is 8.50. The van der Waals surface area contributed by atoms with Crippen LogP contribution in [0.15, 0.2) is 71.0 Å². The number of amides is 1. The van der Waals surface area contributed by atoms with Gasteiger partial charge in [-0.15, -0.1) is 0 Å². The molecule has 2 aliphatic rings. The number of nitrogens with zero attached hydrogens (tertiary/aromatic N) is 2. The molecule has 8 nitrogen and oxygen atoms in total. The molecule has 1 saturated heterocycles. The van der Waals surface area contributed by atoms with E-state index in [4.69, 9.17) is 4.74 Å². The fraction of sp³-hybridized carbons (Fsp3) is 0.286. The lowest BCUT2D eigenvalue weighted by atomic mass is 10.1. The molecule has 0 aliphatic carbocycles. The molecule has 0 radical (unpaired) electrons. The van der Waals surface area contributed by atoms with Crippen LogP contribution in [0.1, 0.15) is 10.4 Å². The summed E-state index contributed by atoms with van der Waals surface area (Å²) in [5, 5.41) is 1.12. The average molecular weight is 463 g/mol.